The molecule has 34 heavy (non-hydrogen) atoms. The molecule has 0 aliphatic rings. The Labute approximate surface area is 198 Å². The highest BCUT2D eigenvalue weighted by molar-refractivity contribution is 7.89. The third-order valence-electron chi connectivity index (χ3n) is 5.28. The van der Waals surface area contributed by atoms with Gasteiger partial charge < -0.3 is 10.2 Å². The average Bonchev–Trinajstić information content (AvgIpc) is 2.82. The molecule has 0 radical (unpaired) electrons. The Morgan fingerprint density at radius 2 is 1.74 bits per heavy atom. The number of hydrogen-bond acceptors (Lipinski definition) is 5. The van der Waals surface area contributed by atoms with Crippen LogP contribution in [0.3, 0.4) is 0 Å². The molecule has 1 amide bonds. The van der Waals surface area contributed by atoms with Crippen LogP contribution in [0.1, 0.15) is 5.56 Å². The van der Waals surface area contributed by atoms with Crippen LogP contribution in [0.15, 0.2) is 90.0 Å². The van der Waals surface area contributed by atoms with Gasteiger partial charge in [-0.15, -0.1) is 0 Å². The quantitative estimate of drug-likeness (QED) is 0.408. The van der Waals surface area contributed by atoms with Gasteiger partial charge in [0.25, 0.3) is 0 Å². The van der Waals surface area contributed by atoms with Gasteiger partial charge >= 0.3 is 0 Å². The second kappa shape index (κ2) is 9.46. The molecule has 0 bridgehead atoms. The number of carbonyl (C=O) groups is 1. The van der Waals surface area contributed by atoms with Gasteiger partial charge in [0.2, 0.25) is 15.9 Å². The zero-order valence-corrected chi connectivity index (χ0v) is 19.6. The molecular weight excluding hydrogens is 448 g/mol. The number of fused-ring (bicyclic) bond motifs is 1. The summed E-state index contributed by atoms with van der Waals surface area (Å²) in [4.78, 5) is 18.9. The van der Waals surface area contributed by atoms with E-state index < -0.39 is 10.0 Å². The second-order valence-corrected chi connectivity index (χ2v) is 9.48. The fourth-order valence-corrected chi connectivity index (χ4v) is 4.43. The van der Waals surface area contributed by atoms with Crippen LogP contribution in [-0.4, -0.2) is 33.4 Å². The first kappa shape index (κ1) is 23.2. The number of nitrogens with zero attached hydrogens (tertiary/aromatic N) is 2. The van der Waals surface area contributed by atoms with Gasteiger partial charge in [0.1, 0.15) is 5.82 Å². The van der Waals surface area contributed by atoms with Gasteiger partial charge in [-0.2, -0.15) is 0 Å². The summed E-state index contributed by atoms with van der Waals surface area (Å²) in [6, 6.07) is 21.3. The average molecular weight is 473 g/mol. The third-order valence-corrected chi connectivity index (χ3v) is 6.25. The molecule has 0 atom stereocenters. The lowest BCUT2D eigenvalue weighted by atomic mass is 10.1. The minimum absolute atomic E-state index is 0.0535. The first-order chi connectivity index (χ1) is 16.2. The Bertz CT molecular complexity index is 1490. The van der Waals surface area contributed by atoms with Crippen molar-refractivity contribution in [1.82, 2.24) is 4.98 Å². The number of rotatable bonds is 6. The highest BCUT2D eigenvalue weighted by atomic mass is 32.2. The summed E-state index contributed by atoms with van der Waals surface area (Å²) >= 11 is 0. The molecule has 4 aromatic rings. The van der Waals surface area contributed by atoms with Crippen LogP contribution < -0.4 is 15.4 Å². The van der Waals surface area contributed by atoms with E-state index in [1.807, 2.05) is 43.3 Å². The fraction of sp³-hybridized carbons (Fsp3) is 0.0769. The van der Waals surface area contributed by atoms with Gasteiger partial charge in [-0.3, -0.25) is 4.79 Å². The first-order valence-electron chi connectivity index (χ1n) is 10.5. The van der Waals surface area contributed by atoms with Crippen molar-refractivity contribution in [2.45, 2.75) is 4.90 Å². The van der Waals surface area contributed by atoms with E-state index in [1.54, 1.807) is 54.7 Å². The standard InChI is InChI=1S/C26H24N4O3S/c1-30(2)26-23-17-18(7-9-20(23)15-16-28-26)8-14-25(31)29-21-12-10-19(11-13-21)22-5-3-4-6-24(22)34(27,32)33/h3-17H,1-2H3,(H,29,31)(H2,27,32,33)/b14-8-. The maximum absolute atomic E-state index is 12.5. The number of aromatic nitrogens is 1. The van der Waals surface area contributed by atoms with Gasteiger partial charge in [-0.25, -0.2) is 18.5 Å². The van der Waals surface area contributed by atoms with E-state index in [9.17, 15) is 13.2 Å². The minimum Gasteiger partial charge on any atom is -0.362 e. The van der Waals surface area contributed by atoms with Crippen molar-refractivity contribution in [1.29, 1.82) is 0 Å². The lowest BCUT2D eigenvalue weighted by Crippen LogP contribution is -2.13. The lowest BCUT2D eigenvalue weighted by Gasteiger charge is -2.14. The summed E-state index contributed by atoms with van der Waals surface area (Å²) in [6.45, 7) is 0. The molecule has 172 valence electrons. The van der Waals surface area contributed by atoms with Crippen molar-refractivity contribution in [2.24, 2.45) is 5.14 Å². The number of benzene rings is 3. The van der Waals surface area contributed by atoms with Crippen molar-refractivity contribution in [2.75, 3.05) is 24.3 Å². The summed E-state index contributed by atoms with van der Waals surface area (Å²) in [5.74, 6) is 0.582. The SMILES string of the molecule is CN(C)c1nccc2ccc(/C=C\C(=O)Nc3ccc(-c4ccccc4S(N)(=O)=O)cc3)cc12. The van der Waals surface area contributed by atoms with Gasteiger partial charge in [-0.1, -0.05) is 42.5 Å². The number of amides is 1. The Morgan fingerprint density at radius 1 is 1.00 bits per heavy atom. The number of primary sulfonamides is 1. The first-order valence-corrected chi connectivity index (χ1v) is 12.0. The van der Waals surface area contributed by atoms with Crippen LogP contribution in [0.2, 0.25) is 0 Å². The molecule has 0 unspecified atom stereocenters. The van der Waals surface area contributed by atoms with Crippen LogP contribution in [0.25, 0.3) is 28.0 Å². The number of sulfonamides is 1. The van der Waals surface area contributed by atoms with E-state index in [0.717, 1.165) is 22.2 Å². The number of carbonyl (C=O) groups excluding carboxylic acids is 1. The van der Waals surface area contributed by atoms with Crippen LogP contribution in [0, 0.1) is 0 Å². The Hall–Kier alpha value is -4.01. The summed E-state index contributed by atoms with van der Waals surface area (Å²) < 4.78 is 23.7. The van der Waals surface area contributed by atoms with Crippen molar-refractivity contribution < 1.29 is 13.2 Å². The van der Waals surface area contributed by atoms with Crippen LogP contribution in [0.5, 0.6) is 0 Å². The van der Waals surface area contributed by atoms with E-state index in [2.05, 4.69) is 10.3 Å². The monoisotopic (exact) mass is 472 g/mol. The molecule has 8 heteroatoms. The van der Waals surface area contributed by atoms with Crippen molar-refractivity contribution in [3.05, 3.63) is 90.6 Å². The van der Waals surface area contributed by atoms with E-state index in [0.29, 0.717) is 16.8 Å². The number of hydrogen-bond donors (Lipinski definition) is 2. The number of anilines is 2. The molecule has 0 aliphatic heterocycles. The summed E-state index contributed by atoms with van der Waals surface area (Å²) in [5, 5.41) is 10.2. The number of pyridine rings is 1. The van der Waals surface area contributed by atoms with Crippen LogP contribution >= 0.6 is 0 Å². The highest BCUT2D eigenvalue weighted by Crippen LogP contribution is 2.28. The maximum Gasteiger partial charge on any atom is 0.248 e. The number of nitrogens with two attached hydrogens (primary N) is 1. The van der Waals surface area contributed by atoms with E-state index in [1.165, 1.54) is 12.1 Å². The fourth-order valence-electron chi connectivity index (χ4n) is 3.67. The van der Waals surface area contributed by atoms with Gasteiger partial charge in [0.05, 0.1) is 4.90 Å². The molecule has 3 aromatic carbocycles. The molecule has 1 aromatic heterocycles. The third kappa shape index (κ3) is 5.14. The maximum atomic E-state index is 12.5. The number of nitrogens with one attached hydrogen (secondary N) is 1. The second-order valence-electron chi connectivity index (χ2n) is 7.95. The molecule has 0 aliphatic carbocycles. The Morgan fingerprint density at radius 3 is 2.44 bits per heavy atom. The Kier molecular flexibility index (Phi) is 6.45. The van der Waals surface area contributed by atoms with Gasteiger partial charge in [0, 0.05) is 43.0 Å². The molecule has 1 heterocycles. The van der Waals surface area contributed by atoms with Crippen molar-refractivity contribution in [3.63, 3.8) is 0 Å². The molecule has 3 N–H and O–H groups in total. The molecule has 0 saturated heterocycles. The Balaban J connectivity index is 1.50. The van der Waals surface area contributed by atoms with E-state index in [4.69, 9.17) is 5.14 Å². The van der Waals surface area contributed by atoms with E-state index in [-0.39, 0.29) is 10.8 Å². The summed E-state index contributed by atoms with van der Waals surface area (Å²) in [7, 11) is 0.0307. The molecule has 4 rings (SSSR count). The summed E-state index contributed by atoms with van der Waals surface area (Å²) in [6.07, 6.45) is 4.99. The zero-order valence-electron chi connectivity index (χ0n) is 18.8. The molecule has 7 nitrogen and oxygen atoms in total. The molecule has 0 saturated carbocycles. The lowest BCUT2D eigenvalue weighted by molar-refractivity contribution is -0.111. The van der Waals surface area contributed by atoms with Crippen LogP contribution in [-0.2, 0) is 14.8 Å². The normalized spacial score (nSPS) is 11.6. The molecule has 0 fully saturated rings. The van der Waals surface area contributed by atoms with Gasteiger partial charge in [-0.05, 0) is 52.9 Å². The predicted octanol–water partition coefficient (Wildman–Crippen LogP) is 4.27. The van der Waals surface area contributed by atoms with Crippen molar-refractivity contribution >= 4 is 44.3 Å². The minimum atomic E-state index is -3.85. The van der Waals surface area contributed by atoms with Crippen LogP contribution in [0.4, 0.5) is 11.5 Å². The largest absolute Gasteiger partial charge is 0.362 e. The smallest absolute Gasteiger partial charge is 0.248 e. The molecular formula is C26H24N4O3S. The molecule has 0 spiro atoms. The zero-order chi connectivity index (χ0) is 24.3. The summed E-state index contributed by atoms with van der Waals surface area (Å²) in [5.41, 5.74) is 2.66. The predicted molar refractivity (Wildman–Crippen MR) is 137 cm³/mol. The van der Waals surface area contributed by atoms with Crippen molar-refractivity contribution in [3.8, 4) is 11.1 Å². The highest BCUT2D eigenvalue weighted by Gasteiger charge is 2.14. The topological polar surface area (TPSA) is 105 Å². The van der Waals surface area contributed by atoms with E-state index >= 15 is 0 Å². The van der Waals surface area contributed by atoms with Gasteiger partial charge in [0.15, 0.2) is 0 Å².